The Hall–Kier alpha value is -4.80. The van der Waals surface area contributed by atoms with Crippen LogP contribution >= 0.6 is 0 Å². The first-order chi connectivity index (χ1) is 17.8. The summed E-state index contributed by atoms with van der Waals surface area (Å²) >= 11 is 0. The van der Waals surface area contributed by atoms with Crippen LogP contribution in [0.1, 0.15) is 37.9 Å². The number of amides is 1. The molecular formula is C26H27N7O4. The lowest BCUT2D eigenvalue weighted by molar-refractivity contribution is 0.0635. The molecule has 0 fully saturated rings. The second-order valence-corrected chi connectivity index (χ2v) is 8.89. The third kappa shape index (κ3) is 7.10. The Balaban J connectivity index is 1.56. The molecule has 0 saturated carbocycles. The normalized spacial score (nSPS) is 11.6. The molecule has 0 radical (unpaired) electrons. The predicted molar refractivity (Wildman–Crippen MR) is 136 cm³/mol. The lowest BCUT2D eigenvalue weighted by atomic mass is 10.1. The zero-order chi connectivity index (χ0) is 26.3. The zero-order valence-electron chi connectivity index (χ0n) is 21.0. The number of nitrogens with one attached hydrogen (secondary N) is 1. The number of oxime groups is 1. The topological polar surface area (TPSA) is 126 Å². The molecule has 0 aliphatic rings. The number of ether oxygens (including phenoxy) is 2. The van der Waals surface area contributed by atoms with Crippen molar-refractivity contribution in [1.82, 2.24) is 25.2 Å². The van der Waals surface area contributed by atoms with E-state index in [0.717, 1.165) is 0 Å². The molecule has 2 heterocycles. The first-order valence-corrected chi connectivity index (χ1v) is 11.5. The fourth-order valence-electron chi connectivity index (χ4n) is 3.21. The highest BCUT2D eigenvalue weighted by Gasteiger charge is 2.20. The quantitative estimate of drug-likeness (QED) is 0.272. The third-order valence-corrected chi connectivity index (χ3v) is 4.75. The molecule has 0 aliphatic heterocycles. The maximum Gasteiger partial charge on any atom is 0.413 e. The number of benzene rings is 2. The number of hydrogen-bond donors (Lipinski definition) is 1. The summed E-state index contributed by atoms with van der Waals surface area (Å²) in [5.41, 5.74) is 0.937. The molecule has 1 N–H and O–H groups in total. The van der Waals surface area contributed by atoms with Crippen LogP contribution in [0.3, 0.4) is 0 Å². The number of pyridine rings is 1. The maximum absolute atomic E-state index is 12.1. The Kier molecular flexibility index (Phi) is 7.72. The minimum absolute atomic E-state index is 0.0281. The number of nitrogens with zero attached hydrogens (tertiary/aromatic N) is 6. The number of aryl methyl sites for hydroxylation is 1. The smallest absolute Gasteiger partial charge is 0.413 e. The number of carbonyl (C=O) groups is 1. The molecule has 0 spiro atoms. The summed E-state index contributed by atoms with van der Waals surface area (Å²) in [4.78, 5) is 22.1. The minimum atomic E-state index is -0.620. The summed E-state index contributed by atoms with van der Waals surface area (Å²) in [6.07, 6.45) is -0.594. The van der Waals surface area contributed by atoms with Gasteiger partial charge in [-0.2, -0.15) is 0 Å². The molecule has 0 aliphatic carbocycles. The molecule has 0 saturated heterocycles. The van der Waals surface area contributed by atoms with Crippen molar-refractivity contribution >= 4 is 17.6 Å². The summed E-state index contributed by atoms with van der Waals surface area (Å²) in [6, 6.07) is 22.0. The van der Waals surface area contributed by atoms with Crippen LogP contribution < -0.4 is 10.1 Å². The molecule has 0 bridgehead atoms. The summed E-state index contributed by atoms with van der Waals surface area (Å²) < 4.78 is 12.9. The zero-order valence-corrected chi connectivity index (χ0v) is 21.0. The molecule has 11 heteroatoms. The van der Waals surface area contributed by atoms with Gasteiger partial charge in [0.1, 0.15) is 22.9 Å². The van der Waals surface area contributed by atoms with E-state index in [-0.39, 0.29) is 6.61 Å². The van der Waals surface area contributed by atoms with E-state index in [1.807, 2.05) is 54.6 Å². The van der Waals surface area contributed by atoms with Gasteiger partial charge in [0.15, 0.2) is 12.3 Å². The van der Waals surface area contributed by atoms with E-state index >= 15 is 0 Å². The highest BCUT2D eigenvalue weighted by molar-refractivity contribution is 6.12. The molecule has 37 heavy (non-hydrogen) atoms. The summed E-state index contributed by atoms with van der Waals surface area (Å²) in [7, 11) is 1.71. The summed E-state index contributed by atoms with van der Waals surface area (Å²) in [5.74, 6) is 1.95. The van der Waals surface area contributed by atoms with E-state index in [0.29, 0.717) is 40.1 Å². The Bertz CT molecular complexity index is 1380. The Morgan fingerprint density at radius 3 is 2.49 bits per heavy atom. The summed E-state index contributed by atoms with van der Waals surface area (Å²) in [6.45, 7) is 5.39. The van der Waals surface area contributed by atoms with E-state index in [4.69, 9.17) is 14.3 Å². The lowest BCUT2D eigenvalue weighted by Gasteiger charge is -2.19. The highest BCUT2D eigenvalue weighted by Crippen LogP contribution is 2.27. The van der Waals surface area contributed by atoms with Crippen LogP contribution in [0.5, 0.6) is 11.5 Å². The lowest BCUT2D eigenvalue weighted by Crippen LogP contribution is -2.27. The van der Waals surface area contributed by atoms with E-state index in [2.05, 4.69) is 31.0 Å². The van der Waals surface area contributed by atoms with Gasteiger partial charge in [-0.25, -0.2) is 14.5 Å². The van der Waals surface area contributed by atoms with Gasteiger partial charge in [0, 0.05) is 7.05 Å². The van der Waals surface area contributed by atoms with Crippen molar-refractivity contribution in [3.8, 4) is 11.5 Å². The Morgan fingerprint density at radius 2 is 1.76 bits per heavy atom. The van der Waals surface area contributed by atoms with Crippen molar-refractivity contribution < 1.29 is 19.1 Å². The van der Waals surface area contributed by atoms with Crippen LogP contribution in [0.25, 0.3) is 0 Å². The average Bonchev–Trinajstić information content (AvgIpc) is 3.27. The van der Waals surface area contributed by atoms with Crippen LogP contribution in [-0.2, 0) is 23.2 Å². The number of aromatic nitrogens is 5. The molecule has 4 rings (SSSR count). The second kappa shape index (κ2) is 11.3. The van der Waals surface area contributed by atoms with Crippen LogP contribution in [0.2, 0.25) is 0 Å². The van der Waals surface area contributed by atoms with Gasteiger partial charge < -0.3 is 14.3 Å². The largest absolute Gasteiger partial charge is 0.457 e. The fraction of sp³-hybridized carbons (Fsp3) is 0.231. The first-order valence-electron chi connectivity index (χ1n) is 11.5. The van der Waals surface area contributed by atoms with Crippen molar-refractivity contribution in [3.63, 3.8) is 0 Å². The molecular weight excluding hydrogens is 474 g/mol. The maximum atomic E-state index is 12.1. The molecule has 4 aromatic rings. The number of tetrazole rings is 1. The van der Waals surface area contributed by atoms with Gasteiger partial charge in [-0.3, -0.25) is 5.32 Å². The monoisotopic (exact) mass is 501 g/mol. The van der Waals surface area contributed by atoms with Crippen molar-refractivity contribution in [2.75, 3.05) is 5.32 Å². The average molecular weight is 502 g/mol. The predicted octanol–water partition coefficient (Wildman–Crippen LogP) is 4.71. The first kappa shape index (κ1) is 25.3. The summed E-state index contributed by atoms with van der Waals surface area (Å²) in [5, 5.41) is 18.7. The minimum Gasteiger partial charge on any atom is -0.457 e. The van der Waals surface area contributed by atoms with E-state index in [1.165, 1.54) is 4.68 Å². The van der Waals surface area contributed by atoms with Crippen molar-refractivity contribution in [3.05, 3.63) is 89.9 Å². The molecule has 1 amide bonds. The number of carbonyl (C=O) groups excluding carboxylic acids is 1. The molecule has 11 nitrogen and oxygen atoms in total. The highest BCUT2D eigenvalue weighted by atomic mass is 16.6. The number of rotatable bonds is 8. The Labute approximate surface area is 214 Å². The van der Waals surface area contributed by atoms with E-state index < -0.39 is 11.7 Å². The van der Waals surface area contributed by atoms with Crippen LogP contribution in [0, 0.1) is 0 Å². The molecule has 2 aromatic heterocycles. The third-order valence-electron chi connectivity index (χ3n) is 4.75. The number of hydrogen-bond acceptors (Lipinski definition) is 9. The SMILES string of the molecule is Cn1nnnc1/C(=N\OCc1cccc(NC(=O)OC(C)(C)C)n1)c1ccccc1Oc1ccccc1. The van der Waals surface area contributed by atoms with Gasteiger partial charge in [-0.1, -0.05) is 41.6 Å². The van der Waals surface area contributed by atoms with Crippen LogP contribution in [0.15, 0.2) is 78.0 Å². The fourth-order valence-corrected chi connectivity index (χ4v) is 3.21. The van der Waals surface area contributed by atoms with Gasteiger partial charge in [0.2, 0.25) is 5.82 Å². The van der Waals surface area contributed by atoms with Gasteiger partial charge in [-0.15, -0.1) is 5.10 Å². The van der Waals surface area contributed by atoms with E-state index in [1.54, 1.807) is 46.0 Å². The number of para-hydroxylation sites is 2. The number of anilines is 1. The van der Waals surface area contributed by atoms with E-state index in [9.17, 15) is 4.79 Å². The molecule has 190 valence electrons. The van der Waals surface area contributed by atoms with Crippen molar-refractivity contribution in [2.45, 2.75) is 33.0 Å². The molecule has 2 aromatic carbocycles. The molecule has 0 unspecified atom stereocenters. The van der Waals surface area contributed by atoms with Gasteiger partial charge in [0.05, 0.1) is 11.3 Å². The van der Waals surface area contributed by atoms with Crippen molar-refractivity contribution in [1.29, 1.82) is 0 Å². The second-order valence-electron chi connectivity index (χ2n) is 8.89. The van der Waals surface area contributed by atoms with Crippen LogP contribution in [-0.4, -0.2) is 42.6 Å². The van der Waals surface area contributed by atoms with Gasteiger partial charge in [-0.05, 0) is 67.6 Å². The van der Waals surface area contributed by atoms with Gasteiger partial charge in [0.25, 0.3) is 0 Å². The van der Waals surface area contributed by atoms with Gasteiger partial charge >= 0.3 is 6.09 Å². The van der Waals surface area contributed by atoms with Crippen LogP contribution in [0.4, 0.5) is 10.6 Å². The van der Waals surface area contributed by atoms with Crippen molar-refractivity contribution in [2.24, 2.45) is 12.2 Å². The standard InChI is InChI=1S/C26H27N7O4/c1-26(2,3)37-25(34)28-22-16-10-11-18(27-22)17-35-30-23(24-29-31-32-33(24)4)20-14-8-9-15-21(20)36-19-12-6-5-7-13-19/h5-16H,17H2,1-4H3,(H,27,28,34)/b30-23-. The Morgan fingerprint density at radius 1 is 1.00 bits per heavy atom. The molecule has 0 atom stereocenters.